The molecule has 0 saturated carbocycles. The van der Waals surface area contributed by atoms with E-state index in [4.69, 9.17) is 27.9 Å². The molecule has 2 aliphatic heterocycles. The van der Waals surface area contributed by atoms with E-state index >= 15 is 0 Å². The molecular formula is C31H27Cl2N5O5. The van der Waals surface area contributed by atoms with Gasteiger partial charge < -0.3 is 14.5 Å². The van der Waals surface area contributed by atoms with E-state index in [1.807, 2.05) is 42.6 Å². The fourth-order valence-corrected chi connectivity index (χ4v) is 6.31. The molecule has 6 rings (SSSR count). The first-order valence-corrected chi connectivity index (χ1v) is 14.6. The Kier molecular flexibility index (Phi) is 8.16. The van der Waals surface area contributed by atoms with Gasteiger partial charge in [-0.05, 0) is 65.9 Å². The van der Waals surface area contributed by atoms with Gasteiger partial charge in [-0.3, -0.25) is 20.2 Å². The quantitative estimate of drug-likeness (QED) is 0.152. The van der Waals surface area contributed by atoms with Crippen LogP contribution >= 0.6 is 23.2 Å². The van der Waals surface area contributed by atoms with Crippen LogP contribution in [0.25, 0.3) is 11.1 Å². The van der Waals surface area contributed by atoms with Crippen LogP contribution in [0.3, 0.4) is 0 Å². The monoisotopic (exact) mass is 619 g/mol. The Morgan fingerprint density at radius 3 is 1.77 bits per heavy atom. The van der Waals surface area contributed by atoms with Crippen LogP contribution in [0, 0.1) is 20.2 Å². The van der Waals surface area contributed by atoms with Crippen LogP contribution in [0.1, 0.15) is 36.1 Å². The minimum atomic E-state index is -0.488. The second-order valence-electron chi connectivity index (χ2n) is 10.5. The normalized spacial score (nSPS) is 18.6. The summed E-state index contributed by atoms with van der Waals surface area (Å²) in [6.07, 6.45) is 3.21. The van der Waals surface area contributed by atoms with Gasteiger partial charge in [-0.2, -0.15) is 0 Å². The van der Waals surface area contributed by atoms with E-state index in [1.165, 1.54) is 12.1 Å². The third-order valence-electron chi connectivity index (χ3n) is 8.07. The van der Waals surface area contributed by atoms with Crippen LogP contribution < -0.4 is 9.80 Å². The van der Waals surface area contributed by atoms with Gasteiger partial charge in [0.15, 0.2) is 0 Å². The molecule has 1 aromatic heterocycles. The lowest BCUT2D eigenvalue weighted by Crippen LogP contribution is -2.36. The van der Waals surface area contributed by atoms with Crippen LogP contribution in [-0.4, -0.2) is 41.1 Å². The second kappa shape index (κ2) is 12.2. The van der Waals surface area contributed by atoms with Gasteiger partial charge in [0, 0.05) is 42.7 Å². The largest absolute Gasteiger partial charge is 0.378 e. The predicted octanol–water partition coefficient (Wildman–Crippen LogP) is 7.79. The standard InChI is InChI=1S/C31H27Cl2N5O5/c32-25-8-3-21(17-29(25)37(39)40)27-10-11-28(22-4-9-26(33)30(18-22)38(41)42)36(27)24-6-1-20(2-7-24)23-5-12-31(34-19-23)35-13-15-43-16-14-35/h1-9,12,17-19,27-28H,10-11,13-16H2. The molecule has 2 unspecified atom stereocenters. The zero-order chi connectivity index (χ0) is 30.1. The molecule has 0 radical (unpaired) electrons. The third kappa shape index (κ3) is 5.86. The van der Waals surface area contributed by atoms with Crippen molar-refractivity contribution in [3.8, 4) is 11.1 Å². The van der Waals surface area contributed by atoms with Crippen molar-refractivity contribution in [1.82, 2.24) is 4.98 Å². The molecule has 2 fully saturated rings. The first-order chi connectivity index (χ1) is 20.8. The van der Waals surface area contributed by atoms with E-state index in [0.717, 1.165) is 46.8 Å². The van der Waals surface area contributed by atoms with Gasteiger partial charge in [-0.1, -0.05) is 47.5 Å². The molecule has 2 atom stereocenters. The molecule has 0 N–H and O–H groups in total. The lowest BCUT2D eigenvalue weighted by Gasteiger charge is -2.33. The molecular weight excluding hydrogens is 593 g/mol. The van der Waals surface area contributed by atoms with Crippen LogP contribution in [-0.2, 0) is 4.74 Å². The number of anilines is 2. The van der Waals surface area contributed by atoms with Crippen LogP contribution in [0.15, 0.2) is 79.0 Å². The predicted molar refractivity (Wildman–Crippen MR) is 166 cm³/mol. The van der Waals surface area contributed by atoms with Gasteiger partial charge in [0.05, 0.1) is 35.1 Å². The molecule has 43 heavy (non-hydrogen) atoms. The average Bonchev–Trinajstić information content (AvgIpc) is 3.47. The number of morpholine rings is 1. The fraction of sp³-hybridized carbons (Fsp3) is 0.258. The van der Waals surface area contributed by atoms with Crippen molar-refractivity contribution in [2.75, 3.05) is 36.1 Å². The summed E-state index contributed by atoms with van der Waals surface area (Å²) in [6.45, 7) is 3.01. The number of pyridine rings is 1. The number of rotatable bonds is 7. The summed E-state index contributed by atoms with van der Waals surface area (Å²) in [5, 5.41) is 23.5. The van der Waals surface area contributed by atoms with Gasteiger partial charge in [0.25, 0.3) is 11.4 Å². The lowest BCUT2D eigenvalue weighted by atomic mass is 10.0. The van der Waals surface area contributed by atoms with Gasteiger partial charge in [-0.15, -0.1) is 0 Å². The number of nitrogens with zero attached hydrogens (tertiary/aromatic N) is 5. The Balaban J connectivity index is 1.35. The SMILES string of the molecule is O=[N+]([O-])c1cc(C2CCC(c3ccc(Cl)c([N+](=O)[O-])c3)N2c2ccc(-c3ccc(N4CCOCC4)nc3)cc2)ccc1Cl. The summed E-state index contributed by atoms with van der Waals surface area (Å²) in [5.74, 6) is 0.917. The smallest absolute Gasteiger partial charge is 0.288 e. The number of hydrogen-bond donors (Lipinski definition) is 0. The van der Waals surface area contributed by atoms with Crippen molar-refractivity contribution in [2.45, 2.75) is 24.9 Å². The van der Waals surface area contributed by atoms with E-state index in [-0.39, 0.29) is 33.5 Å². The van der Waals surface area contributed by atoms with Gasteiger partial charge in [0.2, 0.25) is 0 Å². The average molecular weight is 620 g/mol. The molecule has 2 saturated heterocycles. The summed E-state index contributed by atoms with van der Waals surface area (Å²) in [5.41, 5.74) is 4.01. The molecule has 0 amide bonds. The van der Waals surface area contributed by atoms with E-state index in [0.29, 0.717) is 26.1 Å². The Morgan fingerprint density at radius 1 is 0.744 bits per heavy atom. The molecule has 4 aromatic rings. The Bertz CT molecular complexity index is 1590. The number of nitro groups is 2. The number of ether oxygens (including phenoxy) is 1. The van der Waals surface area contributed by atoms with Crippen molar-refractivity contribution in [3.63, 3.8) is 0 Å². The highest BCUT2D eigenvalue weighted by atomic mass is 35.5. The highest BCUT2D eigenvalue weighted by Crippen LogP contribution is 2.48. The van der Waals surface area contributed by atoms with Crippen molar-refractivity contribution >= 4 is 46.1 Å². The molecule has 12 heteroatoms. The highest BCUT2D eigenvalue weighted by Gasteiger charge is 2.37. The Hall–Kier alpha value is -4.25. The van der Waals surface area contributed by atoms with Gasteiger partial charge >= 0.3 is 0 Å². The summed E-state index contributed by atoms with van der Waals surface area (Å²) < 4.78 is 5.44. The number of halogens is 2. The van der Waals surface area contributed by atoms with E-state index in [9.17, 15) is 20.2 Å². The summed E-state index contributed by atoms with van der Waals surface area (Å²) in [7, 11) is 0. The Morgan fingerprint density at radius 2 is 1.28 bits per heavy atom. The molecule has 220 valence electrons. The topological polar surface area (TPSA) is 115 Å². The fourth-order valence-electron chi connectivity index (χ4n) is 5.94. The van der Waals surface area contributed by atoms with Crippen LogP contribution in [0.2, 0.25) is 10.0 Å². The van der Waals surface area contributed by atoms with Gasteiger partial charge in [-0.25, -0.2) is 4.98 Å². The number of nitro benzene ring substituents is 2. The van der Waals surface area contributed by atoms with E-state index in [2.05, 4.69) is 14.8 Å². The minimum absolute atomic E-state index is 0.0702. The number of aromatic nitrogens is 1. The van der Waals surface area contributed by atoms with Gasteiger partial charge in [0.1, 0.15) is 15.9 Å². The third-order valence-corrected chi connectivity index (χ3v) is 8.71. The van der Waals surface area contributed by atoms with E-state index < -0.39 is 9.85 Å². The molecule has 2 aliphatic rings. The summed E-state index contributed by atoms with van der Waals surface area (Å²) >= 11 is 12.2. The van der Waals surface area contributed by atoms with Crippen LogP contribution in [0.5, 0.6) is 0 Å². The van der Waals surface area contributed by atoms with Crippen molar-refractivity contribution in [1.29, 1.82) is 0 Å². The molecule has 0 bridgehead atoms. The summed E-state index contributed by atoms with van der Waals surface area (Å²) in [6, 6.07) is 21.4. The van der Waals surface area contributed by atoms with Crippen molar-refractivity contribution < 1.29 is 14.6 Å². The zero-order valence-corrected chi connectivity index (χ0v) is 24.4. The molecule has 0 aliphatic carbocycles. The maximum absolute atomic E-state index is 11.7. The van der Waals surface area contributed by atoms with Crippen LogP contribution in [0.4, 0.5) is 22.9 Å². The minimum Gasteiger partial charge on any atom is -0.378 e. The van der Waals surface area contributed by atoms with Crippen molar-refractivity contribution in [3.05, 3.63) is 120 Å². The van der Waals surface area contributed by atoms with E-state index in [1.54, 1.807) is 24.3 Å². The number of benzene rings is 3. The first-order valence-electron chi connectivity index (χ1n) is 13.9. The Labute approximate surface area is 257 Å². The molecule has 3 aromatic carbocycles. The summed E-state index contributed by atoms with van der Waals surface area (Å²) in [4.78, 5) is 31.4. The van der Waals surface area contributed by atoms with Crippen molar-refractivity contribution in [2.24, 2.45) is 0 Å². The lowest BCUT2D eigenvalue weighted by molar-refractivity contribution is -0.384. The number of hydrogen-bond acceptors (Lipinski definition) is 8. The second-order valence-corrected chi connectivity index (χ2v) is 11.3. The zero-order valence-electron chi connectivity index (χ0n) is 22.9. The highest BCUT2D eigenvalue weighted by molar-refractivity contribution is 6.33. The molecule has 0 spiro atoms. The maximum Gasteiger partial charge on any atom is 0.288 e. The first kappa shape index (κ1) is 28.9. The maximum atomic E-state index is 11.7. The molecule has 10 nitrogen and oxygen atoms in total. The molecule has 3 heterocycles.